The van der Waals surface area contributed by atoms with E-state index in [9.17, 15) is 23.1 Å². The van der Waals surface area contributed by atoms with Crippen molar-refractivity contribution in [2.75, 3.05) is 0 Å². The molecule has 3 rings (SSSR count). The Morgan fingerprint density at radius 3 is 2.48 bits per heavy atom. The number of aromatic hydroxyl groups is 1. The zero-order valence-corrected chi connectivity index (χ0v) is 19.7. The maximum absolute atomic E-state index is 12.5. The van der Waals surface area contributed by atoms with Gasteiger partial charge >= 0.3 is 6.36 Å². The van der Waals surface area contributed by atoms with Crippen LogP contribution >= 0.6 is 28.4 Å². The Hall–Kier alpha value is -2.33. The van der Waals surface area contributed by atoms with Gasteiger partial charge in [-0.25, -0.2) is 4.45 Å². The Balaban J connectivity index is 0.00000166. The van der Waals surface area contributed by atoms with Gasteiger partial charge in [0.05, 0.1) is 29.9 Å². The largest absolute Gasteiger partial charge is 0.573 e. The van der Waals surface area contributed by atoms with E-state index in [1.807, 2.05) is 13.8 Å². The highest BCUT2D eigenvalue weighted by atomic mass is 127. The Bertz CT molecular complexity index is 1030. The first-order valence-corrected chi connectivity index (χ1v) is 13.2. The molecule has 0 aliphatic carbocycles. The summed E-state index contributed by atoms with van der Waals surface area (Å²) in [5, 5.41) is 17.0. The van der Waals surface area contributed by atoms with Gasteiger partial charge < -0.3 is 15.2 Å². The third kappa shape index (κ3) is 6.83. The van der Waals surface area contributed by atoms with Gasteiger partial charge in [0.2, 0.25) is 0 Å². The van der Waals surface area contributed by atoms with E-state index in [0.29, 0.717) is 17.0 Å². The molecular weight excluding hydrogens is 545 g/mol. The molecule has 0 fully saturated rings. The van der Waals surface area contributed by atoms with E-state index in [0.717, 1.165) is 6.07 Å². The molecule has 2 aromatic carbocycles. The number of para-hydroxylation sites is 2. The predicted molar refractivity (Wildman–Crippen MR) is 123 cm³/mol. The summed E-state index contributed by atoms with van der Waals surface area (Å²) in [7, 11) is 0. The molecule has 1 amide bonds. The van der Waals surface area contributed by atoms with Crippen molar-refractivity contribution < 1.29 is 27.8 Å². The molecule has 0 spiro atoms. The highest BCUT2D eigenvalue weighted by molar-refractivity contribution is 14.2. The van der Waals surface area contributed by atoms with Crippen LogP contribution in [0.5, 0.6) is 11.5 Å². The number of benzene rings is 2. The minimum absolute atomic E-state index is 0.00605. The molecule has 0 saturated heterocycles. The maximum Gasteiger partial charge on any atom is 0.573 e. The predicted octanol–water partition coefficient (Wildman–Crippen LogP) is 5.90. The van der Waals surface area contributed by atoms with E-state index in [2.05, 4.69) is 37.2 Å². The second kappa shape index (κ2) is 11.3. The van der Waals surface area contributed by atoms with Crippen LogP contribution in [0, 0.1) is 0 Å². The average molecular weight is 565 g/mol. The van der Waals surface area contributed by atoms with Crippen molar-refractivity contribution in [1.82, 2.24) is 14.9 Å². The lowest BCUT2D eigenvalue weighted by Gasteiger charge is -2.12. The van der Waals surface area contributed by atoms with Gasteiger partial charge in [0.15, 0.2) is 0 Å². The van der Waals surface area contributed by atoms with Crippen molar-refractivity contribution in [2.45, 2.75) is 26.8 Å². The molecule has 1 unspecified atom stereocenters. The number of hydrogen-bond donors (Lipinski definition) is 2. The van der Waals surface area contributed by atoms with Crippen molar-refractivity contribution in [1.29, 1.82) is 0 Å². The summed E-state index contributed by atoms with van der Waals surface area (Å²) in [6.45, 7) is 3.99. The number of phenolic OH excluding ortho intramolecular Hbond substituents is 1. The summed E-state index contributed by atoms with van der Waals surface area (Å²) in [5.74, 6) is -1.20. The molecule has 0 bridgehead atoms. The van der Waals surface area contributed by atoms with Crippen LogP contribution in [0.1, 0.15) is 29.9 Å². The number of ether oxygens (including phenoxy) is 1. The summed E-state index contributed by atoms with van der Waals surface area (Å²) >= 11 is 2.13. The van der Waals surface area contributed by atoms with E-state index in [1.54, 1.807) is 34.8 Å². The second-order valence-electron chi connectivity index (χ2n) is 5.76. The molecule has 31 heavy (non-hydrogen) atoms. The standard InChI is InChI=1S/C18H14F3IN3O3P.C2H6/c19-18(20,21)28-16-8-4-2-6-13(16)17(27)23-10-11-9-14(25(24-11)29-22)12-5-1-3-7-15(12)26;1-2/h1-9,26,29H,10H2,(H,23,27);1-2H3. The van der Waals surface area contributed by atoms with Gasteiger partial charge in [-0.15, -0.1) is 13.2 Å². The summed E-state index contributed by atoms with van der Waals surface area (Å²) < 4.78 is 43.2. The monoisotopic (exact) mass is 565 g/mol. The lowest BCUT2D eigenvalue weighted by Crippen LogP contribution is -2.25. The molecule has 0 saturated carbocycles. The molecule has 0 aliphatic heterocycles. The van der Waals surface area contributed by atoms with E-state index < -0.39 is 18.0 Å². The number of halogens is 4. The van der Waals surface area contributed by atoms with Gasteiger partial charge in [-0.3, -0.25) is 4.79 Å². The lowest BCUT2D eigenvalue weighted by atomic mass is 10.1. The van der Waals surface area contributed by atoms with Crippen LogP contribution in [0.15, 0.2) is 54.6 Å². The van der Waals surface area contributed by atoms with Gasteiger partial charge in [-0.2, -0.15) is 5.10 Å². The van der Waals surface area contributed by atoms with E-state index in [-0.39, 0.29) is 24.2 Å². The number of alkyl halides is 3. The van der Waals surface area contributed by atoms with Gasteiger partial charge in [0, 0.05) is 5.56 Å². The van der Waals surface area contributed by atoms with Crippen molar-refractivity contribution in [3.05, 3.63) is 65.9 Å². The molecule has 11 heteroatoms. The molecule has 2 N–H and O–H groups in total. The van der Waals surface area contributed by atoms with Gasteiger partial charge in [-0.05, 0) is 52.4 Å². The quantitative estimate of drug-likeness (QED) is 0.288. The van der Waals surface area contributed by atoms with Crippen LogP contribution in [0.3, 0.4) is 0 Å². The Labute approximate surface area is 192 Å². The smallest absolute Gasteiger partial charge is 0.507 e. The van der Waals surface area contributed by atoms with Crippen molar-refractivity contribution in [3.8, 4) is 22.8 Å². The zero-order chi connectivity index (χ0) is 23.0. The second-order valence-corrected chi connectivity index (χ2v) is 7.80. The average Bonchev–Trinajstić information content (AvgIpc) is 3.16. The van der Waals surface area contributed by atoms with Crippen molar-refractivity contribution in [2.24, 2.45) is 0 Å². The first kappa shape index (κ1) is 24.9. The third-order valence-corrected chi connectivity index (χ3v) is 5.68. The molecule has 3 aromatic rings. The maximum atomic E-state index is 12.5. The number of amides is 1. The number of phenols is 1. The molecular formula is C20H20F3IN3O3P. The Morgan fingerprint density at radius 1 is 1.19 bits per heavy atom. The number of nitrogens with zero attached hydrogens (tertiary/aromatic N) is 2. The SMILES string of the molecule is CC.O=C(NCc1cc(-c2ccccc2O)n(PI)n1)c1ccccc1OC(F)(F)F. The topological polar surface area (TPSA) is 76.4 Å². The lowest BCUT2D eigenvalue weighted by molar-refractivity contribution is -0.274. The van der Waals surface area contributed by atoms with Crippen LogP contribution in [-0.4, -0.2) is 26.9 Å². The molecule has 0 aliphatic rings. The summed E-state index contributed by atoms with van der Waals surface area (Å²) in [6.07, 6.45) is -4.66. The molecule has 1 aromatic heterocycles. The van der Waals surface area contributed by atoms with Crippen LogP contribution < -0.4 is 10.1 Å². The number of rotatable bonds is 6. The normalized spacial score (nSPS) is 11.2. The molecule has 1 atom stereocenters. The number of nitrogens with one attached hydrogen (secondary N) is 1. The summed E-state index contributed by atoms with van der Waals surface area (Å²) in [4.78, 5) is 12.4. The highest BCUT2D eigenvalue weighted by Crippen LogP contribution is 2.35. The molecule has 0 radical (unpaired) electrons. The fraction of sp³-hybridized carbons (Fsp3) is 0.200. The molecule has 6 nitrogen and oxygen atoms in total. The fourth-order valence-corrected chi connectivity index (χ4v) is 4.14. The first-order chi connectivity index (χ1) is 14.8. The minimum atomic E-state index is -4.90. The van der Waals surface area contributed by atoms with Crippen LogP contribution in [-0.2, 0) is 6.54 Å². The van der Waals surface area contributed by atoms with E-state index in [4.69, 9.17) is 0 Å². The van der Waals surface area contributed by atoms with Gasteiger partial charge in [0.25, 0.3) is 5.91 Å². The summed E-state index contributed by atoms with van der Waals surface area (Å²) in [6, 6.07) is 13.6. The number of carbonyl (C=O) groups excluding carboxylic acids is 1. The van der Waals surface area contributed by atoms with E-state index >= 15 is 0 Å². The Morgan fingerprint density at radius 2 is 1.84 bits per heavy atom. The van der Waals surface area contributed by atoms with Crippen molar-refractivity contribution in [3.63, 3.8) is 0 Å². The highest BCUT2D eigenvalue weighted by Gasteiger charge is 2.32. The minimum Gasteiger partial charge on any atom is -0.507 e. The van der Waals surface area contributed by atoms with E-state index in [1.165, 1.54) is 18.2 Å². The Kier molecular flexibility index (Phi) is 9.12. The fourth-order valence-electron chi connectivity index (χ4n) is 2.60. The number of hydrogen-bond acceptors (Lipinski definition) is 4. The molecule has 1 heterocycles. The number of carbonyl (C=O) groups is 1. The summed E-state index contributed by atoms with van der Waals surface area (Å²) in [5.41, 5.74) is 1.52. The first-order valence-electron chi connectivity index (χ1n) is 9.15. The number of aromatic nitrogens is 2. The van der Waals surface area contributed by atoms with Crippen LogP contribution in [0.2, 0.25) is 0 Å². The van der Waals surface area contributed by atoms with Crippen molar-refractivity contribution >= 4 is 34.3 Å². The molecule has 166 valence electrons. The van der Waals surface area contributed by atoms with Gasteiger partial charge in [-0.1, -0.05) is 38.1 Å². The van der Waals surface area contributed by atoms with Crippen LogP contribution in [0.25, 0.3) is 11.3 Å². The zero-order valence-electron chi connectivity index (χ0n) is 16.6. The van der Waals surface area contributed by atoms with Crippen LogP contribution in [0.4, 0.5) is 13.2 Å². The van der Waals surface area contributed by atoms with Gasteiger partial charge in [0.1, 0.15) is 11.5 Å². The third-order valence-electron chi connectivity index (χ3n) is 3.81.